The van der Waals surface area contributed by atoms with Gasteiger partial charge in [-0.1, -0.05) is 0 Å². The van der Waals surface area contributed by atoms with Gasteiger partial charge in [-0.3, -0.25) is 9.78 Å². The summed E-state index contributed by atoms with van der Waals surface area (Å²) >= 11 is 0. The standard InChI is InChI=1S/C9H14N4O4S/c10-7-1-2-12-5-8(7)18(15,16)13-3-4-17-6-9(11)14/h1-2,5,13H,3-4,6H2,(H2,10,12)(H2,11,14). The van der Waals surface area contributed by atoms with Crippen LogP contribution < -0.4 is 16.2 Å². The maximum atomic E-state index is 11.8. The monoisotopic (exact) mass is 274 g/mol. The second kappa shape index (κ2) is 6.28. The number of primary amides is 1. The van der Waals surface area contributed by atoms with Crippen molar-refractivity contribution in [1.29, 1.82) is 0 Å². The summed E-state index contributed by atoms with van der Waals surface area (Å²) in [7, 11) is -3.73. The molecule has 0 atom stereocenters. The molecule has 0 fully saturated rings. The summed E-state index contributed by atoms with van der Waals surface area (Å²) in [5, 5.41) is 0. The third kappa shape index (κ3) is 4.28. The lowest BCUT2D eigenvalue weighted by atomic mass is 10.4. The van der Waals surface area contributed by atoms with Gasteiger partial charge in [0.05, 0.1) is 12.3 Å². The number of sulfonamides is 1. The average molecular weight is 274 g/mol. The second-order valence-corrected chi connectivity index (χ2v) is 5.07. The zero-order valence-electron chi connectivity index (χ0n) is 9.50. The molecule has 1 aromatic rings. The van der Waals surface area contributed by atoms with Gasteiger partial charge in [0.15, 0.2) is 0 Å². The highest BCUT2D eigenvalue weighted by Crippen LogP contribution is 2.14. The lowest BCUT2D eigenvalue weighted by molar-refractivity contribution is -0.122. The highest BCUT2D eigenvalue weighted by Gasteiger charge is 2.16. The van der Waals surface area contributed by atoms with Crippen LogP contribution in [0.2, 0.25) is 0 Å². The van der Waals surface area contributed by atoms with Crippen molar-refractivity contribution in [1.82, 2.24) is 9.71 Å². The number of nitrogens with two attached hydrogens (primary N) is 2. The number of carbonyl (C=O) groups is 1. The van der Waals surface area contributed by atoms with Crippen LogP contribution in [0.3, 0.4) is 0 Å². The van der Waals surface area contributed by atoms with Crippen molar-refractivity contribution in [2.75, 3.05) is 25.5 Å². The number of ether oxygens (including phenoxy) is 1. The van der Waals surface area contributed by atoms with E-state index in [1.165, 1.54) is 12.3 Å². The number of pyridine rings is 1. The van der Waals surface area contributed by atoms with Crippen LogP contribution in [0, 0.1) is 0 Å². The zero-order chi connectivity index (χ0) is 13.6. The fourth-order valence-electron chi connectivity index (χ4n) is 1.11. The summed E-state index contributed by atoms with van der Waals surface area (Å²) in [4.78, 5) is 13.9. The number of aromatic nitrogens is 1. The lowest BCUT2D eigenvalue weighted by Gasteiger charge is -2.08. The van der Waals surface area contributed by atoms with Gasteiger partial charge < -0.3 is 16.2 Å². The normalized spacial score (nSPS) is 11.3. The van der Waals surface area contributed by atoms with Crippen molar-refractivity contribution in [2.45, 2.75) is 4.90 Å². The quantitative estimate of drug-likeness (QED) is 0.514. The van der Waals surface area contributed by atoms with E-state index in [1.807, 2.05) is 0 Å². The first-order valence-corrected chi connectivity index (χ1v) is 6.47. The van der Waals surface area contributed by atoms with Crippen LogP contribution in [0.4, 0.5) is 5.69 Å². The fourth-order valence-corrected chi connectivity index (χ4v) is 2.20. The summed E-state index contributed by atoms with van der Waals surface area (Å²) < 4.78 is 30.6. The van der Waals surface area contributed by atoms with Gasteiger partial charge in [0.2, 0.25) is 15.9 Å². The number of nitrogen functional groups attached to an aromatic ring is 1. The maximum absolute atomic E-state index is 11.8. The summed E-state index contributed by atoms with van der Waals surface area (Å²) in [5.41, 5.74) is 10.5. The first-order chi connectivity index (χ1) is 8.43. The van der Waals surface area contributed by atoms with Crippen LogP contribution in [0.15, 0.2) is 23.4 Å². The first-order valence-electron chi connectivity index (χ1n) is 4.98. The molecule has 0 aromatic carbocycles. The number of nitrogens with one attached hydrogen (secondary N) is 1. The Morgan fingerprint density at radius 2 is 2.22 bits per heavy atom. The van der Waals surface area contributed by atoms with Crippen molar-refractivity contribution >= 4 is 21.6 Å². The summed E-state index contributed by atoms with van der Waals surface area (Å²) in [6.45, 7) is -0.219. The molecule has 9 heteroatoms. The molecule has 0 saturated heterocycles. The van der Waals surface area contributed by atoms with Crippen molar-refractivity contribution in [3.63, 3.8) is 0 Å². The van der Waals surface area contributed by atoms with Gasteiger partial charge in [-0.05, 0) is 6.07 Å². The Hall–Kier alpha value is -1.71. The fraction of sp³-hybridized carbons (Fsp3) is 0.333. The van der Waals surface area contributed by atoms with E-state index in [2.05, 4.69) is 9.71 Å². The number of rotatable bonds is 7. The molecule has 1 rings (SSSR count). The van der Waals surface area contributed by atoms with E-state index in [-0.39, 0.29) is 30.3 Å². The minimum Gasteiger partial charge on any atom is -0.398 e. The molecule has 0 bridgehead atoms. The summed E-state index contributed by atoms with van der Waals surface area (Å²) in [6.07, 6.45) is 2.55. The predicted octanol–water partition coefficient (Wildman–Crippen LogP) is -1.56. The van der Waals surface area contributed by atoms with Crippen LogP contribution in [0.25, 0.3) is 0 Å². The Balaban J connectivity index is 2.51. The van der Waals surface area contributed by atoms with Gasteiger partial charge in [-0.2, -0.15) is 0 Å². The molecule has 0 radical (unpaired) electrons. The van der Waals surface area contributed by atoms with Crippen LogP contribution >= 0.6 is 0 Å². The van der Waals surface area contributed by atoms with Crippen LogP contribution in [0.1, 0.15) is 0 Å². The molecule has 0 spiro atoms. The third-order valence-electron chi connectivity index (χ3n) is 1.89. The SMILES string of the molecule is NC(=O)COCCNS(=O)(=O)c1cnccc1N. The van der Waals surface area contributed by atoms with Gasteiger partial charge in [0, 0.05) is 18.9 Å². The number of anilines is 1. The van der Waals surface area contributed by atoms with Gasteiger partial charge in [0.25, 0.3) is 0 Å². The molecular formula is C9H14N4O4S. The molecule has 5 N–H and O–H groups in total. The molecule has 1 amide bonds. The van der Waals surface area contributed by atoms with Gasteiger partial charge in [0.1, 0.15) is 11.5 Å². The van der Waals surface area contributed by atoms with Crippen molar-refractivity contribution in [3.8, 4) is 0 Å². The first kappa shape index (κ1) is 14.4. The van der Waals surface area contributed by atoms with Gasteiger partial charge in [-0.25, -0.2) is 13.1 Å². The highest BCUT2D eigenvalue weighted by atomic mass is 32.2. The molecule has 8 nitrogen and oxygen atoms in total. The predicted molar refractivity (Wildman–Crippen MR) is 63.9 cm³/mol. The van der Waals surface area contributed by atoms with Crippen molar-refractivity contribution in [3.05, 3.63) is 18.5 Å². The van der Waals surface area contributed by atoms with E-state index in [0.29, 0.717) is 0 Å². The lowest BCUT2D eigenvalue weighted by Crippen LogP contribution is -2.29. The topological polar surface area (TPSA) is 137 Å². The van der Waals surface area contributed by atoms with Crippen molar-refractivity contribution in [2.24, 2.45) is 5.73 Å². The Morgan fingerprint density at radius 3 is 2.83 bits per heavy atom. The molecule has 0 saturated carbocycles. The molecular weight excluding hydrogens is 260 g/mol. The number of hydrogen-bond donors (Lipinski definition) is 3. The Morgan fingerprint density at radius 1 is 1.50 bits per heavy atom. The summed E-state index contributed by atoms with van der Waals surface area (Å²) in [5.74, 6) is -0.616. The van der Waals surface area contributed by atoms with Gasteiger partial charge >= 0.3 is 0 Å². The Labute approximate surface area is 104 Å². The molecule has 100 valence electrons. The maximum Gasteiger partial charge on any atom is 0.244 e. The molecule has 0 aliphatic rings. The van der Waals surface area contributed by atoms with E-state index < -0.39 is 15.9 Å². The minimum absolute atomic E-state index is 0.00392. The van der Waals surface area contributed by atoms with E-state index >= 15 is 0 Å². The zero-order valence-corrected chi connectivity index (χ0v) is 10.3. The number of carbonyl (C=O) groups excluding carboxylic acids is 1. The van der Waals surface area contributed by atoms with Gasteiger partial charge in [-0.15, -0.1) is 0 Å². The average Bonchev–Trinajstić information content (AvgIpc) is 2.28. The Bertz CT molecular complexity index is 517. The molecule has 1 aromatic heterocycles. The molecule has 1 heterocycles. The van der Waals surface area contributed by atoms with Crippen LogP contribution in [-0.4, -0.2) is 39.1 Å². The van der Waals surface area contributed by atoms with E-state index in [1.54, 1.807) is 0 Å². The Kier molecular flexibility index (Phi) is 5.01. The second-order valence-electron chi connectivity index (χ2n) is 3.33. The van der Waals surface area contributed by atoms with Crippen molar-refractivity contribution < 1.29 is 17.9 Å². The highest BCUT2D eigenvalue weighted by molar-refractivity contribution is 7.89. The smallest absolute Gasteiger partial charge is 0.244 e. The third-order valence-corrected chi connectivity index (χ3v) is 3.39. The molecule has 0 aliphatic carbocycles. The van der Waals surface area contributed by atoms with E-state index in [4.69, 9.17) is 16.2 Å². The largest absolute Gasteiger partial charge is 0.398 e. The number of hydrogen-bond acceptors (Lipinski definition) is 6. The van der Waals surface area contributed by atoms with E-state index in [9.17, 15) is 13.2 Å². The number of nitrogens with zero attached hydrogens (tertiary/aromatic N) is 1. The number of amides is 1. The molecule has 0 unspecified atom stereocenters. The molecule has 0 aliphatic heterocycles. The van der Waals surface area contributed by atoms with Crippen LogP contribution in [0.5, 0.6) is 0 Å². The van der Waals surface area contributed by atoms with E-state index in [0.717, 1.165) is 6.20 Å². The summed E-state index contributed by atoms with van der Waals surface area (Å²) in [6, 6.07) is 1.39. The molecule has 18 heavy (non-hydrogen) atoms. The van der Waals surface area contributed by atoms with Crippen LogP contribution in [-0.2, 0) is 19.6 Å². The minimum atomic E-state index is -3.73.